The van der Waals surface area contributed by atoms with Crippen molar-refractivity contribution in [2.75, 3.05) is 32.9 Å². The van der Waals surface area contributed by atoms with Crippen molar-refractivity contribution in [3.8, 4) is 0 Å². The molecule has 1 aromatic carbocycles. The molecule has 2 N–H and O–H groups in total. The van der Waals surface area contributed by atoms with E-state index in [2.05, 4.69) is 10.6 Å². The Labute approximate surface area is 181 Å². The zero-order valence-electron chi connectivity index (χ0n) is 17.4. The van der Waals surface area contributed by atoms with E-state index in [0.717, 1.165) is 25.7 Å². The second-order valence-electron chi connectivity index (χ2n) is 7.57. The molecular weight excluding hydrogens is 426 g/mol. The predicted molar refractivity (Wildman–Crippen MR) is 110 cm³/mol. The predicted octanol–water partition coefficient (Wildman–Crippen LogP) is 0.941. The number of nitrogens with one attached hydrogen (secondary N) is 2. The fraction of sp³-hybridized carbons (Fsp3) is 0.550. The fourth-order valence-electron chi connectivity index (χ4n) is 3.58. The van der Waals surface area contributed by atoms with Crippen LogP contribution in [0, 0.1) is 6.92 Å². The van der Waals surface area contributed by atoms with Gasteiger partial charge < -0.3 is 14.8 Å². The number of esters is 1. The molecule has 10 nitrogen and oxygen atoms in total. The molecule has 0 aromatic heterocycles. The molecule has 11 heteroatoms. The van der Waals surface area contributed by atoms with E-state index in [1.807, 2.05) is 0 Å². The number of aryl methyl sites for hydroxylation is 1. The van der Waals surface area contributed by atoms with E-state index >= 15 is 0 Å². The van der Waals surface area contributed by atoms with Crippen LogP contribution in [0.4, 0.5) is 4.79 Å². The number of morpholine rings is 1. The molecule has 0 spiro atoms. The third-order valence-electron chi connectivity index (χ3n) is 5.31. The molecule has 0 radical (unpaired) electrons. The maximum atomic E-state index is 12.8. The van der Waals surface area contributed by atoms with E-state index in [0.29, 0.717) is 18.8 Å². The number of sulfonamides is 1. The summed E-state index contributed by atoms with van der Waals surface area (Å²) < 4.78 is 37.1. The lowest BCUT2D eigenvalue weighted by Crippen LogP contribution is -2.45. The molecule has 1 aromatic rings. The molecule has 2 aliphatic rings. The molecule has 3 amide bonds. The number of amides is 3. The Morgan fingerprint density at radius 3 is 2.52 bits per heavy atom. The normalized spacial score (nSPS) is 17.8. The Balaban J connectivity index is 1.58. The highest BCUT2D eigenvalue weighted by atomic mass is 32.2. The van der Waals surface area contributed by atoms with Crippen molar-refractivity contribution < 1.29 is 32.3 Å². The second-order valence-corrected chi connectivity index (χ2v) is 9.51. The Morgan fingerprint density at radius 2 is 1.84 bits per heavy atom. The molecule has 1 heterocycles. The smallest absolute Gasteiger partial charge is 0.338 e. The topological polar surface area (TPSA) is 131 Å². The van der Waals surface area contributed by atoms with Gasteiger partial charge in [0.25, 0.3) is 5.91 Å². The largest absolute Gasteiger partial charge is 0.452 e. The molecule has 0 unspecified atom stereocenters. The molecule has 1 aliphatic heterocycles. The summed E-state index contributed by atoms with van der Waals surface area (Å²) in [6.45, 7) is 2.07. The van der Waals surface area contributed by atoms with Crippen LogP contribution in [0.25, 0.3) is 0 Å². The van der Waals surface area contributed by atoms with Crippen molar-refractivity contribution in [3.05, 3.63) is 29.3 Å². The highest BCUT2D eigenvalue weighted by Gasteiger charge is 2.28. The van der Waals surface area contributed by atoms with E-state index in [9.17, 15) is 22.8 Å². The molecule has 31 heavy (non-hydrogen) atoms. The first-order chi connectivity index (χ1) is 14.8. The Morgan fingerprint density at radius 1 is 1.16 bits per heavy atom. The van der Waals surface area contributed by atoms with E-state index < -0.39 is 34.5 Å². The Bertz CT molecular complexity index is 936. The summed E-state index contributed by atoms with van der Waals surface area (Å²) in [6, 6.07) is 3.61. The van der Waals surface area contributed by atoms with Gasteiger partial charge in [0.2, 0.25) is 10.0 Å². The number of benzene rings is 1. The molecule has 3 rings (SSSR count). The fourth-order valence-corrected chi connectivity index (χ4v) is 5.02. The standard InChI is InChI=1S/C20H27N3O7S/c1-14-6-7-16(31(27,28)23-8-10-29-11-9-23)12-17(14)19(25)30-13-18(24)22-20(26)21-15-4-2-3-5-15/h6-7,12,15H,2-5,8-11,13H2,1H3,(H2,21,22,24,26). The maximum absolute atomic E-state index is 12.8. The number of imide groups is 1. The molecule has 1 aliphatic carbocycles. The van der Waals surface area contributed by atoms with E-state index in [-0.39, 0.29) is 29.6 Å². The molecule has 0 atom stereocenters. The van der Waals surface area contributed by atoms with Gasteiger partial charge in [-0.2, -0.15) is 4.31 Å². The number of rotatable bonds is 6. The summed E-state index contributed by atoms with van der Waals surface area (Å²) in [7, 11) is -3.78. The number of carbonyl (C=O) groups is 3. The first-order valence-corrected chi connectivity index (χ1v) is 11.7. The van der Waals surface area contributed by atoms with Crippen molar-refractivity contribution >= 4 is 27.9 Å². The summed E-state index contributed by atoms with van der Waals surface area (Å²) in [4.78, 5) is 36.2. The molecule has 1 saturated carbocycles. The minimum atomic E-state index is -3.78. The lowest BCUT2D eigenvalue weighted by atomic mass is 10.1. The molecular formula is C20H27N3O7S. The summed E-state index contributed by atoms with van der Waals surface area (Å²) in [5.41, 5.74) is 0.544. The molecule has 170 valence electrons. The second kappa shape index (κ2) is 10.2. The van der Waals surface area contributed by atoms with Crippen LogP contribution in [-0.4, -0.2) is 69.6 Å². The van der Waals surface area contributed by atoms with Crippen molar-refractivity contribution in [2.24, 2.45) is 0 Å². The molecule has 2 fully saturated rings. The monoisotopic (exact) mass is 453 g/mol. The summed E-state index contributed by atoms with van der Waals surface area (Å²) in [5.74, 6) is -1.61. The third-order valence-corrected chi connectivity index (χ3v) is 7.21. The van der Waals surface area contributed by atoms with Crippen molar-refractivity contribution in [1.82, 2.24) is 14.9 Å². The SMILES string of the molecule is Cc1ccc(S(=O)(=O)N2CCOCC2)cc1C(=O)OCC(=O)NC(=O)NC1CCCC1. The van der Waals surface area contributed by atoms with Crippen molar-refractivity contribution in [3.63, 3.8) is 0 Å². The number of hydrogen-bond donors (Lipinski definition) is 2. The van der Waals surface area contributed by atoms with Gasteiger partial charge in [0.05, 0.1) is 23.7 Å². The number of carbonyl (C=O) groups excluding carboxylic acids is 3. The number of nitrogens with zero attached hydrogens (tertiary/aromatic N) is 1. The molecule has 0 bridgehead atoms. The van der Waals surface area contributed by atoms with Crippen molar-refractivity contribution in [2.45, 2.75) is 43.5 Å². The quantitative estimate of drug-likeness (QED) is 0.613. The number of ether oxygens (including phenoxy) is 2. The van der Waals surface area contributed by atoms with Crippen LogP contribution in [-0.2, 0) is 24.3 Å². The third kappa shape index (κ3) is 6.02. The maximum Gasteiger partial charge on any atom is 0.338 e. The average molecular weight is 454 g/mol. The first-order valence-electron chi connectivity index (χ1n) is 10.2. The Hall–Kier alpha value is -2.50. The van der Waals surface area contributed by atoms with Crippen LogP contribution in [0.15, 0.2) is 23.1 Å². The van der Waals surface area contributed by atoms with Crippen molar-refractivity contribution in [1.29, 1.82) is 0 Å². The summed E-state index contributed by atoms with van der Waals surface area (Å²) in [5, 5.41) is 4.83. The zero-order chi connectivity index (χ0) is 22.4. The van der Waals surface area contributed by atoms with Crippen LogP contribution < -0.4 is 10.6 Å². The van der Waals surface area contributed by atoms with Crippen LogP contribution in [0.5, 0.6) is 0 Å². The van der Waals surface area contributed by atoms with Gasteiger partial charge >= 0.3 is 12.0 Å². The van der Waals surface area contributed by atoms with E-state index in [4.69, 9.17) is 9.47 Å². The van der Waals surface area contributed by atoms with Crippen LogP contribution >= 0.6 is 0 Å². The van der Waals surface area contributed by atoms with Gasteiger partial charge in [0.15, 0.2) is 6.61 Å². The van der Waals surface area contributed by atoms with Gasteiger partial charge in [0.1, 0.15) is 0 Å². The average Bonchev–Trinajstić information content (AvgIpc) is 3.25. The lowest BCUT2D eigenvalue weighted by Gasteiger charge is -2.26. The number of hydrogen-bond acceptors (Lipinski definition) is 7. The van der Waals surface area contributed by atoms with E-state index in [1.54, 1.807) is 6.92 Å². The minimum absolute atomic E-state index is 0.0349. The minimum Gasteiger partial charge on any atom is -0.452 e. The molecule has 1 saturated heterocycles. The lowest BCUT2D eigenvalue weighted by molar-refractivity contribution is -0.123. The highest BCUT2D eigenvalue weighted by Crippen LogP contribution is 2.21. The van der Waals surface area contributed by atoms with Gasteiger partial charge in [0, 0.05) is 19.1 Å². The highest BCUT2D eigenvalue weighted by molar-refractivity contribution is 7.89. The van der Waals surface area contributed by atoms with Gasteiger partial charge in [-0.05, 0) is 37.5 Å². The first kappa shape index (κ1) is 23.2. The van der Waals surface area contributed by atoms with E-state index in [1.165, 1.54) is 22.5 Å². The van der Waals surface area contributed by atoms with Gasteiger partial charge in [-0.25, -0.2) is 18.0 Å². The van der Waals surface area contributed by atoms with Crippen LogP contribution in [0.1, 0.15) is 41.6 Å². The van der Waals surface area contributed by atoms with Crippen LogP contribution in [0.3, 0.4) is 0 Å². The summed E-state index contributed by atoms with van der Waals surface area (Å²) >= 11 is 0. The number of urea groups is 1. The van der Waals surface area contributed by atoms with Crippen LogP contribution in [0.2, 0.25) is 0 Å². The van der Waals surface area contributed by atoms with Gasteiger partial charge in [-0.3, -0.25) is 10.1 Å². The zero-order valence-corrected chi connectivity index (χ0v) is 18.2. The van der Waals surface area contributed by atoms with Gasteiger partial charge in [-0.1, -0.05) is 18.9 Å². The summed E-state index contributed by atoms with van der Waals surface area (Å²) in [6.07, 6.45) is 3.82. The van der Waals surface area contributed by atoms with Gasteiger partial charge in [-0.15, -0.1) is 0 Å². The Kier molecular flexibility index (Phi) is 7.63.